The van der Waals surface area contributed by atoms with Crippen LogP contribution in [0.2, 0.25) is 0 Å². The van der Waals surface area contributed by atoms with Crippen LogP contribution in [-0.2, 0) is 20.3 Å². The first-order valence-corrected chi connectivity index (χ1v) is 13.2. The number of allylic oxidation sites excluding steroid dienone is 4. The second kappa shape index (κ2) is 10.8. The number of benzene rings is 3. The number of halogens is 2. The third-order valence-electron chi connectivity index (χ3n) is 6.21. The van der Waals surface area contributed by atoms with Gasteiger partial charge in [-0.25, -0.2) is 0 Å². The molecule has 0 N–H and O–H groups in total. The first kappa shape index (κ1) is 25.7. The van der Waals surface area contributed by atoms with E-state index < -0.39 is 17.0 Å². The summed E-state index contributed by atoms with van der Waals surface area (Å²) in [5, 5.41) is 0. The standard InChI is InChI=1S/C14H15.2C6H5.CH3O.2ClH.Ti/c1-10-9-11(2)14(12(10)3)13-7-5-4-6-8-13;2*1-2-4-6-5-3-1;1-2;;;/h4-7,9,11H,1-3H3;2*1-5H;1H3;2*1H;/q;;;-1;;;+3/p-2. The van der Waals surface area contributed by atoms with E-state index in [1.165, 1.54) is 33.9 Å². The van der Waals surface area contributed by atoms with Crippen molar-refractivity contribution in [1.29, 1.82) is 0 Å². The maximum atomic E-state index is 6.64. The molecule has 1 nitrogen and oxygen atoms in total. The van der Waals surface area contributed by atoms with Crippen LogP contribution in [0, 0.1) is 5.92 Å². The fourth-order valence-electron chi connectivity index (χ4n) is 4.78. The predicted octanol–water partition coefficient (Wildman–Crippen LogP) is -0.944. The molecule has 0 spiro atoms. The van der Waals surface area contributed by atoms with Crippen LogP contribution in [-0.4, -0.2) is 7.11 Å². The zero-order valence-electron chi connectivity index (χ0n) is 18.4. The summed E-state index contributed by atoms with van der Waals surface area (Å²) in [7, 11) is 1.90. The summed E-state index contributed by atoms with van der Waals surface area (Å²) >= 11 is -3.34. The molecule has 3 aromatic carbocycles. The van der Waals surface area contributed by atoms with Gasteiger partial charge in [-0.3, -0.25) is 0 Å². The molecular weight excluding hydrogens is 459 g/mol. The average Bonchev–Trinajstić information content (AvgIpc) is 3.02. The van der Waals surface area contributed by atoms with E-state index in [0.29, 0.717) is 5.92 Å². The van der Waals surface area contributed by atoms with E-state index in [4.69, 9.17) is 3.32 Å². The minimum Gasteiger partial charge on any atom is -1.00 e. The first-order valence-electron chi connectivity index (χ1n) is 10.2. The number of hydrogen-bond donors (Lipinski definition) is 0. The average molecular weight is 487 g/mol. The molecule has 0 bridgehead atoms. The molecule has 1 unspecified atom stereocenters. The maximum absolute atomic E-state index is 6.64. The second-order valence-corrected chi connectivity index (χ2v) is 13.2. The van der Waals surface area contributed by atoms with Crippen molar-refractivity contribution in [1.82, 2.24) is 0 Å². The van der Waals surface area contributed by atoms with Gasteiger partial charge in [0, 0.05) is 0 Å². The van der Waals surface area contributed by atoms with Crippen molar-refractivity contribution < 1.29 is 45.1 Å². The van der Waals surface area contributed by atoms with Crippen molar-refractivity contribution in [3.05, 3.63) is 108 Å². The Morgan fingerprint density at radius 2 is 1.19 bits per heavy atom. The van der Waals surface area contributed by atoms with Crippen LogP contribution in [0.3, 0.4) is 0 Å². The summed E-state index contributed by atoms with van der Waals surface area (Å²) in [5.41, 5.74) is 5.58. The van der Waals surface area contributed by atoms with Gasteiger partial charge in [-0.2, -0.15) is 0 Å². The van der Waals surface area contributed by atoms with E-state index in [-0.39, 0.29) is 24.8 Å². The molecular formula is C27H28Cl2OTi. The van der Waals surface area contributed by atoms with Gasteiger partial charge in [-0.15, -0.1) is 0 Å². The summed E-state index contributed by atoms with van der Waals surface area (Å²) < 4.78 is 10.7. The molecule has 0 saturated carbocycles. The molecule has 0 saturated heterocycles. The van der Waals surface area contributed by atoms with Crippen molar-refractivity contribution in [2.45, 2.75) is 20.8 Å². The molecule has 3 aromatic rings. The van der Waals surface area contributed by atoms with E-state index in [1.807, 2.05) is 7.11 Å². The molecule has 0 aliphatic heterocycles. The summed E-state index contributed by atoms with van der Waals surface area (Å²) in [6.45, 7) is 6.79. The maximum Gasteiger partial charge on any atom is -1.00 e. The van der Waals surface area contributed by atoms with E-state index in [9.17, 15) is 0 Å². The molecule has 0 aromatic heterocycles. The Kier molecular flexibility index (Phi) is 8.95. The second-order valence-electron chi connectivity index (χ2n) is 7.84. The summed E-state index contributed by atoms with van der Waals surface area (Å²) in [6.07, 6.45) is 2.38. The summed E-state index contributed by atoms with van der Waals surface area (Å²) in [6, 6.07) is 30.6. The normalized spacial score (nSPS) is 15.2. The summed E-state index contributed by atoms with van der Waals surface area (Å²) in [5.74, 6) is 0.416. The van der Waals surface area contributed by atoms with Crippen LogP contribution in [0.5, 0.6) is 0 Å². The monoisotopic (exact) mass is 486 g/mol. The summed E-state index contributed by atoms with van der Waals surface area (Å²) in [4.78, 5) is 0. The fraction of sp³-hybridized carbons (Fsp3) is 0.185. The van der Waals surface area contributed by atoms with Gasteiger partial charge in [0.05, 0.1) is 0 Å². The van der Waals surface area contributed by atoms with E-state index in [0.717, 1.165) is 0 Å². The Morgan fingerprint density at radius 1 is 0.710 bits per heavy atom. The quantitative estimate of drug-likeness (QED) is 0.423. The van der Waals surface area contributed by atoms with Gasteiger partial charge < -0.3 is 24.8 Å². The Labute approximate surface area is 202 Å². The van der Waals surface area contributed by atoms with Crippen molar-refractivity contribution >= 4 is 17.2 Å². The molecule has 160 valence electrons. The largest absolute Gasteiger partial charge is 1.00 e. The Bertz CT molecular complexity index is 1040. The minimum atomic E-state index is -3.34. The van der Waals surface area contributed by atoms with Gasteiger partial charge in [-0.05, 0) is 0 Å². The van der Waals surface area contributed by atoms with Crippen LogP contribution in [0.1, 0.15) is 26.3 Å². The molecule has 1 atom stereocenters. The smallest absolute Gasteiger partial charge is 1.00 e. The van der Waals surface area contributed by atoms with Gasteiger partial charge in [0.2, 0.25) is 0 Å². The first-order chi connectivity index (χ1) is 14.1. The third-order valence-corrected chi connectivity index (χ3v) is 12.6. The molecule has 1 aliphatic carbocycles. The van der Waals surface area contributed by atoms with E-state index in [1.54, 1.807) is 0 Å². The van der Waals surface area contributed by atoms with Crippen molar-refractivity contribution in [3.8, 4) is 0 Å². The van der Waals surface area contributed by atoms with Gasteiger partial charge in [-0.1, -0.05) is 0 Å². The van der Waals surface area contributed by atoms with Crippen LogP contribution in [0.25, 0.3) is 5.57 Å². The van der Waals surface area contributed by atoms with Gasteiger partial charge in [0.1, 0.15) is 0 Å². The molecule has 0 amide bonds. The van der Waals surface area contributed by atoms with Gasteiger partial charge in [0.15, 0.2) is 0 Å². The predicted molar refractivity (Wildman–Crippen MR) is 121 cm³/mol. The Balaban J connectivity index is 0.00000171. The van der Waals surface area contributed by atoms with Crippen LogP contribution in [0.15, 0.2) is 102 Å². The van der Waals surface area contributed by atoms with Crippen LogP contribution < -0.4 is 36.4 Å². The van der Waals surface area contributed by atoms with E-state index >= 15 is 0 Å². The minimum absolute atomic E-state index is 0. The molecule has 1 aliphatic rings. The Morgan fingerprint density at radius 3 is 1.65 bits per heavy atom. The van der Waals surface area contributed by atoms with Crippen molar-refractivity contribution in [2.24, 2.45) is 5.92 Å². The van der Waals surface area contributed by atoms with Crippen LogP contribution >= 0.6 is 0 Å². The van der Waals surface area contributed by atoms with Gasteiger partial charge >= 0.3 is 179 Å². The van der Waals surface area contributed by atoms with Crippen LogP contribution in [0.4, 0.5) is 0 Å². The topological polar surface area (TPSA) is 9.23 Å². The zero-order chi connectivity index (χ0) is 20.4. The van der Waals surface area contributed by atoms with E-state index in [2.05, 4.69) is 112 Å². The SMILES string of the molecule is C[O][Ti+2]([c]1ccccc1)([c]1ccccc1)[c]1ccccc1C1=C(C)C(C)=CC1C.[Cl-].[Cl-]. The van der Waals surface area contributed by atoms with Gasteiger partial charge in [0.25, 0.3) is 0 Å². The zero-order valence-corrected chi connectivity index (χ0v) is 21.5. The van der Waals surface area contributed by atoms with Crippen molar-refractivity contribution in [3.63, 3.8) is 0 Å². The molecule has 0 heterocycles. The Hall–Kier alpha value is -1.61. The molecule has 0 fully saturated rings. The molecule has 31 heavy (non-hydrogen) atoms. The number of rotatable bonds is 5. The molecule has 0 radical (unpaired) electrons. The fourth-order valence-corrected chi connectivity index (χ4v) is 10.9. The molecule has 4 rings (SSSR count). The number of hydrogen-bond acceptors (Lipinski definition) is 1. The molecule has 4 heteroatoms. The third kappa shape index (κ3) is 4.49. The van der Waals surface area contributed by atoms with Crippen molar-refractivity contribution in [2.75, 3.05) is 7.11 Å².